The first kappa shape index (κ1) is 20.6. The fraction of sp³-hybridized carbons (Fsp3) is 0.263. The fourth-order valence-electron chi connectivity index (χ4n) is 2.31. The molecule has 0 saturated heterocycles. The molecule has 1 amide bonds. The maximum Gasteiger partial charge on any atom is 0.344 e. The van der Waals surface area contributed by atoms with Crippen LogP contribution in [-0.2, 0) is 14.3 Å². The van der Waals surface area contributed by atoms with E-state index in [4.69, 9.17) is 21.1 Å². The Morgan fingerprint density at radius 2 is 1.89 bits per heavy atom. The van der Waals surface area contributed by atoms with Gasteiger partial charge in [-0.2, -0.15) is 0 Å². The molecular formula is C19H18ClF2NO4. The van der Waals surface area contributed by atoms with Gasteiger partial charge in [0, 0.05) is 16.7 Å². The molecule has 2 aromatic rings. The summed E-state index contributed by atoms with van der Waals surface area (Å²) in [5.41, 5.74) is 0.876. The molecule has 0 aliphatic heterocycles. The van der Waals surface area contributed by atoms with Crippen molar-refractivity contribution >= 4 is 23.5 Å². The number of aryl methyl sites for hydroxylation is 1. The highest BCUT2D eigenvalue weighted by Gasteiger charge is 2.16. The van der Waals surface area contributed by atoms with Gasteiger partial charge in [0.25, 0.3) is 5.91 Å². The van der Waals surface area contributed by atoms with Crippen molar-refractivity contribution in [2.75, 3.05) is 13.2 Å². The number of carbonyl (C=O) groups excluding carboxylic acids is 2. The number of halogens is 3. The number of amides is 1. The van der Waals surface area contributed by atoms with Gasteiger partial charge in [0.15, 0.2) is 13.2 Å². The van der Waals surface area contributed by atoms with Gasteiger partial charge in [0.2, 0.25) is 0 Å². The van der Waals surface area contributed by atoms with Crippen LogP contribution in [0, 0.1) is 18.6 Å². The Labute approximate surface area is 160 Å². The number of carbonyl (C=O) groups is 2. The van der Waals surface area contributed by atoms with Gasteiger partial charge >= 0.3 is 5.97 Å². The van der Waals surface area contributed by atoms with Crippen molar-refractivity contribution in [2.24, 2.45) is 0 Å². The number of hydrogen-bond donors (Lipinski definition) is 1. The second kappa shape index (κ2) is 9.32. The lowest BCUT2D eigenvalue weighted by atomic mass is 10.1. The molecule has 0 saturated carbocycles. The first-order valence-electron chi connectivity index (χ1n) is 8.05. The molecule has 0 unspecified atom stereocenters. The topological polar surface area (TPSA) is 64.6 Å². The zero-order valence-corrected chi connectivity index (χ0v) is 15.5. The average Bonchev–Trinajstić information content (AvgIpc) is 2.59. The van der Waals surface area contributed by atoms with E-state index in [0.717, 1.165) is 17.7 Å². The predicted molar refractivity (Wildman–Crippen MR) is 95.6 cm³/mol. The molecule has 1 N–H and O–H groups in total. The summed E-state index contributed by atoms with van der Waals surface area (Å²) in [6, 6.07) is 7.28. The van der Waals surface area contributed by atoms with Crippen molar-refractivity contribution in [1.82, 2.24) is 5.32 Å². The van der Waals surface area contributed by atoms with Crippen LogP contribution in [0.15, 0.2) is 36.4 Å². The highest BCUT2D eigenvalue weighted by molar-refractivity contribution is 6.30. The molecule has 0 aliphatic rings. The van der Waals surface area contributed by atoms with Crippen molar-refractivity contribution in [2.45, 2.75) is 19.9 Å². The van der Waals surface area contributed by atoms with E-state index in [1.807, 2.05) is 0 Å². The third-order valence-corrected chi connectivity index (χ3v) is 3.89. The first-order valence-corrected chi connectivity index (χ1v) is 8.43. The Bertz CT molecular complexity index is 844. The molecule has 0 bridgehead atoms. The third kappa shape index (κ3) is 6.21. The van der Waals surface area contributed by atoms with E-state index in [1.165, 1.54) is 13.0 Å². The van der Waals surface area contributed by atoms with Crippen LogP contribution in [0.5, 0.6) is 5.75 Å². The van der Waals surface area contributed by atoms with Crippen molar-refractivity contribution < 1.29 is 27.8 Å². The SMILES string of the molecule is Cc1cc(Cl)ccc1OCC(=O)OCC(=O)N[C@H](C)c1ccc(F)cc1F. The van der Waals surface area contributed by atoms with Crippen molar-refractivity contribution in [3.05, 3.63) is 64.2 Å². The van der Waals surface area contributed by atoms with Crippen molar-refractivity contribution in [3.8, 4) is 5.75 Å². The summed E-state index contributed by atoms with van der Waals surface area (Å²) in [7, 11) is 0. The number of hydrogen-bond acceptors (Lipinski definition) is 4. The fourth-order valence-corrected chi connectivity index (χ4v) is 2.54. The minimum Gasteiger partial charge on any atom is -0.482 e. The molecule has 0 aromatic heterocycles. The van der Waals surface area contributed by atoms with Crippen LogP contribution in [0.2, 0.25) is 5.02 Å². The quantitative estimate of drug-likeness (QED) is 0.723. The molecule has 27 heavy (non-hydrogen) atoms. The molecule has 0 aliphatic carbocycles. The lowest BCUT2D eigenvalue weighted by molar-refractivity contribution is -0.150. The molecule has 5 nitrogen and oxygen atoms in total. The van der Waals surface area contributed by atoms with Crippen LogP contribution < -0.4 is 10.1 Å². The standard InChI is InChI=1S/C19H18ClF2NO4/c1-11-7-13(20)3-6-17(11)26-10-19(25)27-9-18(24)23-12(2)15-5-4-14(21)8-16(15)22/h3-8,12H,9-10H2,1-2H3,(H,23,24)/t12-/m1/s1. The zero-order chi connectivity index (χ0) is 20.0. The van der Waals surface area contributed by atoms with Gasteiger partial charge < -0.3 is 14.8 Å². The summed E-state index contributed by atoms with van der Waals surface area (Å²) in [5.74, 6) is -2.37. The molecule has 1 atom stereocenters. The number of benzene rings is 2. The lowest BCUT2D eigenvalue weighted by Gasteiger charge is -2.15. The van der Waals surface area contributed by atoms with E-state index in [-0.39, 0.29) is 12.2 Å². The van der Waals surface area contributed by atoms with Crippen molar-refractivity contribution in [3.63, 3.8) is 0 Å². The number of nitrogens with one attached hydrogen (secondary N) is 1. The maximum absolute atomic E-state index is 13.7. The van der Waals surface area contributed by atoms with Gasteiger partial charge in [-0.05, 0) is 43.7 Å². The van der Waals surface area contributed by atoms with E-state index in [1.54, 1.807) is 25.1 Å². The van der Waals surface area contributed by atoms with E-state index in [9.17, 15) is 18.4 Å². The predicted octanol–water partition coefficient (Wildman–Crippen LogP) is 3.73. The summed E-state index contributed by atoms with van der Waals surface area (Å²) in [5, 5.41) is 3.01. The van der Waals surface area contributed by atoms with Crippen LogP contribution in [0.25, 0.3) is 0 Å². The molecule has 0 fully saturated rings. The molecule has 144 valence electrons. The Balaban J connectivity index is 1.78. The summed E-state index contributed by atoms with van der Waals surface area (Å²) in [4.78, 5) is 23.5. The highest BCUT2D eigenvalue weighted by atomic mass is 35.5. The molecule has 0 heterocycles. The molecule has 2 aromatic carbocycles. The van der Waals surface area contributed by atoms with Crippen LogP contribution in [0.4, 0.5) is 8.78 Å². The van der Waals surface area contributed by atoms with Gasteiger partial charge in [0.05, 0.1) is 6.04 Å². The van der Waals surface area contributed by atoms with Crippen LogP contribution in [-0.4, -0.2) is 25.1 Å². The summed E-state index contributed by atoms with van der Waals surface area (Å²) < 4.78 is 36.7. The smallest absolute Gasteiger partial charge is 0.344 e. The molecule has 2 rings (SSSR count). The van der Waals surface area contributed by atoms with Crippen molar-refractivity contribution in [1.29, 1.82) is 0 Å². The minimum absolute atomic E-state index is 0.123. The lowest BCUT2D eigenvalue weighted by Crippen LogP contribution is -2.32. The Morgan fingerprint density at radius 1 is 1.15 bits per heavy atom. The average molecular weight is 398 g/mol. The summed E-state index contributed by atoms with van der Waals surface area (Å²) >= 11 is 5.83. The second-order valence-electron chi connectivity index (χ2n) is 5.81. The monoisotopic (exact) mass is 397 g/mol. The third-order valence-electron chi connectivity index (χ3n) is 3.65. The van der Waals surface area contributed by atoms with E-state index >= 15 is 0 Å². The Morgan fingerprint density at radius 3 is 2.56 bits per heavy atom. The summed E-state index contributed by atoms with van der Waals surface area (Å²) in [6.45, 7) is 2.38. The van der Waals surface area contributed by atoms with E-state index in [0.29, 0.717) is 10.8 Å². The van der Waals surface area contributed by atoms with Crippen LogP contribution in [0.3, 0.4) is 0 Å². The van der Waals surface area contributed by atoms with Gasteiger partial charge in [-0.15, -0.1) is 0 Å². The molecule has 8 heteroatoms. The Hall–Kier alpha value is -2.67. The van der Waals surface area contributed by atoms with Gasteiger partial charge in [0.1, 0.15) is 17.4 Å². The molecular weight excluding hydrogens is 380 g/mol. The van der Waals surface area contributed by atoms with Crippen LogP contribution >= 0.6 is 11.6 Å². The van der Waals surface area contributed by atoms with E-state index in [2.05, 4.69) is 5.32 Å². The minimum atomic E-state index is -0.772. The molecule has 0 radical (unpaired) electrons. The number of rotatable bonds is 7. The second-order valence-corrected chi connectivity index (χ2v) is 6.25. The molecule has 0 spiro atoms. The normalized spacial score (nSPS) is 11.6. The Kier molecular flexibility index (Phi) is 7.12. The van der Waals surface area contributed by atoms with E-state index < -0.39 is 36.2 Å². The van der Waals surface area contributed by atoms with Gasteiger partial charge in [-0.3, -0.25) is 4.79 Å². The number of ether oxygens (including phenoxy) is 2. The summed E-state index contributed by atoms with van der Waals surface area (Å²) in [6.07, 6.45) is 0. The zero-order valence-electron chi connectivity index (χ0n) is 14.7. The largest absolute Gasteiger partial charge is 0.482 e. The first-order chi connectivity index (χ1) is 12.8. The highest BCUT2D eigenvalue weighted by Crippen LogP contribution is 2.21. The van der Waals surface area contributed by atoms with Gasteiger partial charge in [-0.25, -0.2) is 13.6 Å². The maximum atomic E-state index is 13.7. The van der Waals surface area contributed by atoms with Gasteiger partial charge in [-0.1, -0.05) is 17.7 Å². The number of esters is 1. The van der Waals surface area contributed by atoms with Crippen LogP contribution in [0.1, 0.15) is 24.1 Å².